The summed E-state index contributed by atoms with van der Waals surface area (Å²) in [5, 5.41) is 5.91. The van der Waals surface area contributed by atoms with Gasteiger partial charge < -0.3 is 20.1 Å². The van der Waals surface area contributed by atoms with Crippen LogP contribution in [0.4, 0.5) is 0 Å². The summed E-state index contributed by atoms with van der Waals surface area (Å²) in [5.74, 6) is 3.45. The predicted octanol–water partition coefficient (Wildman–Crippen LogP) is 23.5. The van der Waals surface area contributed by atoms with Crippen molar-refractivity contribution in [3.8, 4) is 0 Å². The zero-order valence-electron chi connectivity index (χ0n) is 56.9. The molecule has 0 aromatic carbocycles. The molecule has 0 aromatic heterocycles. The molecule has 0 bridgehead atoms. The largest absolute Gasteiger partial charge is 0.469 e. The maximum absolute atomic E-state index is 12.7. The second kappa shape index (κ2) is 65.8. The van der Waals surface area contributed by atoms with Gasteiger partial charge in [-0.05, 0) is 49.4 Å². The third-order valence-corrected chi connectivity index (χ3v) is 18.9. The molecule has 2 amide bonds. The average molecular weight is 1170 g/mol. The third-order valence-electron chi connectivity index (χ3n) is 18.9. The van der Waals surface area contributed by atoms with Crippen LogP contribution in [0.2, 0.25) is 0 Å². The molecule has 0 heterocycles. The zero-order valence-corrected chi connectivity index (χ0v) is 56.9. The van der Waals surface area contributed by atoms with Gasteiger partial charge in [0.2, 0.25) is 11.8 Å². The Kier molecular flexibility index (Phi) is 64.2. The Morgan fingerprint density at radius 1 is 0.241 bits per heavy atom. The van der Waals surface area contributed by atoms with Crippen molar-refractivity contribution in [2.75, 3.05) is 20.9 Å². The maximum Gasteiger partial charge on any atom is 0.305 e. The van der Waals surface area contributed by atoms with Gasteiger partial charge in [0, 0.05) is 25.7 Å². The molecule has 0 saturated heterocycles. The topological polar surface area (TPSA) is 111 Å². The second-order valence-electron chi connectivity index (χ2n) is 26.4. The highest BCUT2D eigenvalue weighted by Gasteiger charge is 2.22. The summed E-state index contributed by atoms with van der Waals surface area (Å²) in [6.07, 6.45) is 75.6. The van der Waals surface area contributed by atoms with Crippen LogP contribution in [0.3, 0.4) is 0 Å². The van der Waals surface area contributed by atoms with Gasteiger partial charge in [-0.1, -0.05) is 362 Å². The van der Waals surface area contributed by atoms with E-state index in [4.69, 9.17) is 9.47 Å². The molecule has 2 N–H and O–H groups in total. The van der Waals surface area contributed by atoms with Crippen LogP contribution in [0.5, 0.6) is 0 Å². The number of hydrogen-bond donors (Lipinski definition) is 2. The van der Waals surface area contributed by atoms with Gasteiger partial charge >= 0.3 is 11.9 Å². The molecule has 0 spiro atoms. The number of hydrogen-bond acceptors (Lipinski definition) is 6. The van der Waals surface area contributed by atoms with Crippen molar-refractivity contribution in [3.63, 3.8) is 0 Å². The first-order valence-corrected chi connectivity index (χ1v) is 37.4. The molecule has 83 heavy (non-hydrogen) atoms. The van der Waals surface area contributed by atoms with E-state index in [2.05, 4.69) is 38.3 Å². The first-order chi connectivity index (χ1) is 40.8. The smallest absolute Gasteiger partial charge is 0.305 e. The van der Waals surface area contributed by atoms with E-state index in [1.807, 2.05) is 0 Å². The van der Waals surface area contributed by atoms with Crippen molar-refractivity contribution in [3.05, 3.63) is 0 Å². The van der Waals surface area contributed by atoms with Crippen LogP contribution >= 0.6 is 0 Å². The molecule has 0 saturated carbocycles. The molecule has 8 nitrogen and oxygen atoms in total. The molecule has 0 aromatic rings. The number of carbonyl (C=O) groups excluding carboxylic acids is 4. The van der Waals surface area contributed by atoms with Crippen LogP contribution < -0.4 is 10.6 Å². The third kappa shape index (κ3) is 57.4. The van der Waals surface area contributed by atoms with Crippen LogP contribution in [0.1, 0.15) is 413 Å². The van der Waals surface area contributed by atoms with Gasteiger partial charge in [0.15, 0.2) is 0 Å². The van der Waals surface area contributed by atoms with E-state index in [-0.39, 0.29) is 30.4 Å². The second-order valence-corrected chi connectivity index (χ2v) is 26.4. The van der Waals surface area contributed by atoms with Crippen LogP contribution in [-0.2, 0) is 28.7 Å². The Morgan fingerprint density at radius 3 is 0.602 bits per heavy atom. The summed E-state index contributed by atoms with van der Waals surface area (Å²) >= 11 is 0. The Morgan fingerprint density at radius 2 is 0.410 bits per heavy atom. The van der Waals surface area contributed by atoms with E-state index in [0.29, 0.717) is 25.7 Å². The molecule has 0 fully saturated rings. The summed E-state index contributed by atoms with van der Waals surface area (Å²) in [5.41, 5.74) is 0. The quantitative estimate of drug-likeness (QED) is 0.0357. The van der Waals surface area contributed by atoms with E-state index in [0.717, 1.165) is 75.0 Å². The summed E-state index contributed by atoms with van der Waals surface area (Å²) < 4.78 is 9.65. The minimum Gasteiger partial charge on any atom is -0.469 e. The van der Waals surface area contributed by atoms with Crippen molar-refractivity contribution in [1.82, 2.24) is 10.6 Å². The normalized spacial score (nSPS) is 13.0. The first kappa shape index (κ1) is 80.9. The minimum atomic E-state index is -0.0733. The van der Waals surface area contributed by atoms with Crippen molar-refractivity contribution in [1.29, 1.82) is 0 Å². The monoisotopic (exact) mass is 1170 g/mol. The summed E-state index contributed by atoms with van der Waals surface area (Å²) in [7, 11) is 2.98. The van der Waals surface area contributed by atoms with E-state index in [9.17, 15) is 19.2 Å². The molecule has 8 heteroatoms. The van der Waals surface area contributed by atoms with Crippen LogP contribution in [0.15, 0.2) is 0 Å². The Bertz CT molecular complexity index is 1270. The fourth-order valence-electron chi connectivity index (χ4n) is 13.4. The van der Waals surface area contributed by atoms with Gasteiger partial charge in [0.1, 0.15) is 0 Å². The average Bonchev–Trinajstić information content (AvgIpc) is 3.49. The van der Waals surface area contributed by atoms with Gasteiger partial charge in [0.25, 0.3) is 0 Å². The van der Waals surface area contributed by atoms with Gasteiger partial charge in [0.05, 0.1) is 20.9 Å². The molecular formula is C75H146N2O6. The van der Waals surface area contributed by atoms with Crippen molar-refractivity contribution in [2.24, 2.45) is 23.7 Å². The van der Waals surface area contributed by atoms with E-state index in [1.165, 1.54) is 322 Å². The molecule has 492 valence electrons. The fraction of sp³-hybridized carbons (Fsp3) is 0.947. The van der Waals surface area contributed by atoms with Crippen LogP contribution in [0, 0.1) is 23.7 Å². The summed E-state index contributed by atoms with van der Waals surface area (Å²) in [6.45, 7) is 9.51. The molecule has 0 radical (unpaired) electrons. The lowest BCUT2D eigenvalue weighted by molar-refractivity contribution is -0.141. The number of methoxy groups -OCH3 is 2. The summed E-state index contributed by atoms with van der Waals surface area (Å²) in [6, 6.07) is 0. The summed E-state index contributed by atoms with van der Waals surface area (Å²) in [4.78, 5) is 48.4. The van der Waals surface area contributed by atoms with Crippen LogP contribution in [0.25, 0.3) is 0 Å². The van der Waals surface area contributed by atoms with Crippen molar-refractivity contribution >= 4 is 23.8 Å². The Balaban J connectivity index is 4.73. The maximum atomic E-state index is 12.7. The van der Waals surface area contributed by atoms with Crippen molar-refractivity contribution < 1.29 is 28.7 Å². The molecule has 0 rings (SSSR count). The molecule has 4 unspecified atom stereocenters. The van der Waals surface area contributed by atoms with Gasteiger partial charge in [-0.3, -0.25) is 19.2 Å². The number of ether oxygens (including phenoxy) is 2. The SMILES string of the molecule is CCCCCCCCC(CCCCCCCCC(=O)NCNC(=O)CCCCCCCCC(CCCCCCCC)C(CCCCCCCC)CCCCCCCCC(=O)OC)C(CCCCCCCC)CCCCCCCCC(=O)OC. The van der Waals surface area contributed by atoms with Crippen LogP contribution in [-0.4, -0.2) is 44.6 Å². The molecule has 4 atom stereocenters. The molecule has 0 aliphatic heterocycles. The number of rotatable bonds is 68. The Hall–Kier alpha value is -2.12. The van der Waals surface area contributed by atoms with Gasteiger partial charge in [-0.2, -0.15) is 0 Å². The highest BCUT2D eigenvalue weighted by Crippen LogP contribution is 2.36. The predicted molar refractivity (Wildman–Crippen MR) is 359 cm³/mol. The van der Waals surface area contributed by atoms with Gasteiger partial charge in [-0.25, -0.2) is 0 Å². The van der Waals surface area contributed by atoms with E-state index >= 15 is 0 Å². The standard InChI is InChI=1S/C75H146N2O6/c1-7-11-15-19-31-43-55-68(70(57-45-33-21-17-13-9-3)61-49-37-25-29-41-53-65-74(80)82-5)59-47-35-23-27-39-51-63-72(78)76-67-77-73(79)64-52-40-28-24-36-48-60-69(56-44-32-20-16-12-8-2)71(58-46-34-22-18-14-10-4)62-50-38-26-30-42-54-66-75(81)83-6/h68-71H,7-67H2,1-6H3,(H,76,78)(H,77,79). The minimum absolute atomic E-state index is 0.0567. The molecule has 0 aliphatic rings. The first-order valence-electron chi connectivity index (χ1n) is 37.4. The lowest BCUT2D eigenvalue weighted by atomic mass is 9.78. The number of unbranched alkanes of at least 4 members (excludes halogenated alkanes) is 40. The highest BCUT2D eigenvalue weighted by atomic mass is 16.5. The lowest BCUT2D eigenvalue weighted by Crippen LogP contribution is -2.37. The Labute approximate surface area is 518 Å². The fourth-order valence-corrected chi connectivity index (χ4v) is 13.4. The number of amides is 2. The van der Waals surface area contributed by atoms with E-state index < -0.39 is 0 Å². The van der Waals surface area contributed by atoms with Crippen molar-refractivity contribution in [2.45, 2.75) is 413 Å². The number of carbonyl (C=O) groups is 4. The molecule has 0 aliphatic carbocycles. The van der Waals surface area contributed by atoms with E-state index in [1.54, 1.807) is 0 Å². The number of esters is 2. The zero-order chi connectivity index (χ0) is 60.6. The lowest BCUT2D eigenvalue weighted by Gasteiger charge is -2.28. The molecular weight excluding hydrogens is 1020 g/mol. The number of nitrogens with one attached hydrogen (secondary N) is 2. The van der Waals surface area contributed by atoms with Gasteiger partial charge in [-0.15, -0.1) is 0 Å². The highest BCUT2D eigenvalue weighted by molar-refractivity contribution is 5.78.